The van der Waals surface area contributed by atoms with Crippen LogP contribution in [0.15, 0.2) is 59.8 Å². The lowest BCUT2D eigenvalue weighted by Crippen LogP contribution is -2.19. The molecular formula is C21H19F6N5OS. The van der Waals surface area contributed by atoms with Gasteiger partial charge < -0.3 is 15.4 Å². The monoisotopic (exact) mass is 503 g/mol. The number of hydrogen-bond donors (Lipinski definition) is 3. The number of benzene rings is 2. The fourth-order valence-electron chi connectivity index (χ4n) is 2.79. The van der Waals surface area contributed by atoms with Gasteiger partial charge in [0.05, 0.1) is 12.1 Å². The quantitative estimate of drug-likeness (QED) is 0.236. The maximum Gasteiger partial charge on any atom is 0.422 e. The minimum Gasteiger partial charge on any atom is -0.482 e. The Hall–Kier alpha value is -3.19. The molecule has 0 saturated carbocycles. The van der Waals surface area contributed by atoms with Crippen molar-refractivity contribution in [1.82, 2.24) is 14.7 Å². The highest BCUT2D eigenvalue weighted by Crippen LogP contribution is 2.33. The Labute approximate surface area is 195 Å². The van der Waals surface area contributed by atoms with Crippen LogP contribution in [0.25, 0.3) is 0 Å². The number of ether oxygens (including phenoxy) is 1. The Morgan fingerprint density at radius 1 is 0.853 bits per heavy atom. The molecular weight excluding hydrogens is 484 g/mol. The minimum atomic E-state index is -4.50. The van der Waals surface area contributed by atoms with Crippen LogP contribution >= 0.6 is 11.9 Å². The maximum absolute atomic E-state index is 12.6. The van der Waals surface area contributed by atoms with Crippen molar-refractivity contribution in [1.29, 1.82) is 0 Å². The van der Waals surface area contributed by atoms with Crippen molar-refractivity contribution in [3.05, 3.63) is 60.4 Å². The zero-order valence-electron chi connectivity index (χ0n) is 17.6. The second kappa shape index (κ2) is 10.8. The summed E-state index contributed by atoms with van der Waals surface area (Å²) in [5.74, 6) is 0.556. The van der Waals surface area contributed by atoms with Crippen molar-refractivity contribution < 1.29 is 31.1 Å². The molecule has 3 rings (SSSR count). The second-order valence-electron chi connectivity index (χ2n) is 6.90. The zero-order valence-corrected chi connectivity index (χ0v) is 18.4. The number of rotatable bonds is 9. The van der Waals surface area contributed by atoms with Crippen molar-refractivity contribution in [2.24, 2.45) is 0 Å². The van der Waals surface area contributed by atoms with Gasteiger partial charge in [-0.15, -0.1) is 0 Å². The molecule has 6 nitrogen and oxygen atoms in total. The highest BCUT2D eigenvalue weighted by molar-refractivity contribution is 7.97. The van der Waals surface area contributed by atoms with Gasteiger partial charge in [-0.2, -0.15) is 26.3 Å². The molecule has 3 N–H and O–H groups in total. The van der Waals surface area contributed by atoms with E-state index in [0.717, 1.165) is 4.90 Å². The fraction of sp³-hybridized carbons (Fsp3) is 0.238. The molecule has 2 aromatic carbocycles. The topological polar surface area (TPSA) is 71.1 Å². The lowest BCUT2D eigenvalue weighted by molar-refractivity contribution is -0.153. The van der Waals surface area contributed by atoms with E-state index in [9.17, 15) is 26.3 Å². The number of nitrogens with one attached hydrogen (secondary N) is 3. The van der Waals surface area contributed by atoms with Gasteiger partial charge in [0.25, 0.3) is 0 Å². The number of nitrogens with zero attached hydrogens (tertiary/aromatic N) is 2. The van der Waals surface area contributed by atoms with Crippen LogP contribution in [0.4, 0.5) is 49.4 Å². The van der Waals surface area contributed by atoms with Gasteiger partial charge in [0.1, 0.15) is 23.7 Å². The molecule has 0 spiro atoms. The summed E-state index contributed by atoms with van der Waals surface area (Å²) >= 11 is 1.26. The van der Waals surface area contributed by atoms with Crippen molar-refractivity contribution in [3.63, 3.8) is 0 Å². The van der Waals surface area contributed by atoms with E-state index >= 15 is 0 Å². The zero-order chi connectivity index (χ0) is 24.8. The second-order valence-corrected chi connectivity index (χ2v) is 7.98. The first kappa shape index (κ1) is 25.4. The van der Waals surface area contributed by atoms with Crippen molar-refractivity contribution in [2.45, 2.75) is 23.7 Å². The average molecular weight is 503 g/mol. The Kier molecular flexibility index (Phi) is 8.10. The third kappa shape index (κ3) is 8.30. The molecule has 0 atom stereocenters. The Balaban J connectivity index is 1.76. The molecule has 0 aliphatic heterocycles. The van der Waals surface area contributed by atoms with Crippen LogP contribution in [-0.4, -0.2) is 36.0 Å². The Morgan fingerprint density at radius 2 is 1.53 bits per heavy atom. The third-order valence-electron chi connectivity index (χ3n) is 4.12. The van der Waals surface area contributed by atoms with Gasteiger partial charge in [-0.25, -0.2) is 9.97 Å². The fourth-order valence-corrected chi connectivity index (χ4v) is 3.34. The van der Waals surface area contributed by atoms with E-state index in [-0.39, 0.29) is 22.8 Å². The van der Waals surface area contributed by atoms with Gasteiger partial charge in [0, 0.05) is 16.6 Å². The van der Waals surface area contributed by atoms with Crippen molar-refractivity contribution in [3.8, 4) is 5.75 Å². The smallest absolute Gasteiger partial charge is 0.422 e. The molecule has 0 saturated heterocycles. The van der Waals surface area contributed by atoms with E-state index in [1.807, 2.05) is 0 Å². The molecule has 3 aromatic rings. The number of hydrogen-bond acceptors (Lipinski definition) is 7. The standard InChI is InChI=1S/C21H19F6N5OS/c1-28-34-15-6-7-17(33-11-21(25,26)27)16(8-15)32-19-9-18(29-12-30-19)31-14-4-2-13(3-5-14)10-20(22,23)24/h2-9,12,28H,10-11H2,1H3,(H2,29,30,31,32). The first-order valence-corrected chi connectivity index (χ1v) is 10.5. The van der Waals surface area contributed by atoms with Crippen LogP contribution in [-0.2, 0) is 6.42 Å². The molecule has 0 bridgehead atoms. The summed E-state index contributed by atoms with van der Waals surface area (Å²) in [4.78, 5) is 8.85. The summed E-state index contributed by atoms with van der Waals surface area (Å²) in [6.07, 6.45) is -8.60. The van der Waals surface area contributed by atoms with Crippen LogP contribution in [0.5, 0.6) is 5.75 Å². The SMILES string of the molecule is CNSc1ccc(OCC(F)(F)F)c(Nc2cc(Nc3ccc(CC(F)(F)F)cc3)ncn2)c1. The number of anilines is 4. The molecule has 0 radical (unpaired) electrons. The summed E-state index contributed by atoms with van der Waals surface area (Å²) in [5.41, 5.74) is 0.872. The summed E-state index contributed by atoms with van der Waals surface area (Å²) in [6, 6.07) is 11.8. The summed E-state index contributed by atoms with van der Waals surface area (Å²) in [5, 5.41) is 5.86. The number of aromatic nitrogens is 2. The van der Waals surface area contributed by atoms with Gasteiger partial charge in [-0.05, 0) is 54.9 Å². The highest BCUT2D eigenvalue weighted by Gasteiger charge is 2.29. The van der Waals surface area contributed by atoms with Gasteiger partial charge in [0.2, 0.25) is 0 Å². The number of alkyl halides is 6. The largest absolute Gasteiger partial charge is 0.482 e. The van der Waals surface area contributed by atoms with Gasteiger partial charge in [-0.3, -0.25) is 4.72 Å². The average Bonchev–Trinajstić information content (AvgIpc) is 2.73. The summed E-state index contributed by atoms with van der Waals surface area (Å²) in [7, 11) is 1.70. The van der Waals surface area contributed by atoms with E-state index in [4.69, 9.17) is 4.74 Å². The Bertz CT molecular complexity index is 1090. The molecule has 0 aliphatic carbocycles. The predicted octanol–water partition coefficient (Wildman–Crippen LogP) is 6.24. The normalized spacial score (nSPS) is 11.9. The molecule has 0 aliphatic rings. The first-order valence-electron chi connectivity index (χ1n) is 9.70. The maximum atomic E-state index is 12.6. The van der Waals surface area contributed by atoms with Crippen LogP contribution in [0.3, 0.4) is 0 Å². The van der Waals surface area contributed by atoms with Crippen LogP contribution < -0.4 is 20.1 Å². The van der Waals surface area contributed by atoms with Gasteiger partial charge in [-0.1, -0.05) is 12.1 Å². The van der Waals surface area contributed by atoms with E-state index in [1.54, 1.807) is 19.2 Å². The van der Waals surface area contributed by atoms with E-state index in [2.05, 4.69) is 25.3 Å². The van der Waals surface area contributed by atoms with Gasteiger partial charge in [0.15, 0.2) is 6.61 Å². The van der Waals surface area contributed by atoms with Crippen LogP contribution in [0.2, 0.25) is 0 Å². The molecule has 0 amide bonds. The summed E-state index contributed by atoms with van der Waals surface area (Å²) in [6.45, 7) is -1.46. The predicted molar refractivity (Wildman–Crippen MR) is 118 cm³/mol. The van der Waals surface area contributed by atoms with Crippen molar-refractivity contribution in [2.75, 3.05) is 24.3 Å². The van der Waals surface area contributed by atoms with Crippen molar-refractivity contribution >= 4 is 35.0 Å². The van der Waals surface area contributed by atoms with E-state index in [1.165, 1.54) is 54.7 Å². The number of halogens is 6. The molecule has 182 valence electrons. The molecule has 1 heterocycles. The van der Waals surface area contributed by atoms with Crippen LogP contribution in [0, 0.1) is 0 Å². The van der Waals surface area contributed by atoms with Crippen LogP contribution in [0.1, 0.15) is 5.56 Å². The summed E-state index contributed by atoms with van der Waals surface area (Å²) < 4.78 is 83.2. The molecule has 34 heavy (non-hydrogen) atoms. The Morgan fingerprint density at radius 3 is 2.15 bits per heavy atom. The van der Waals surface area contributed by atoms with E-state index in [0.29, 0.717) is 11.5 Å². The molecule has 0 unspecified atom stereocenters. The lowest BCUT2D eigenvalue weighted by atomic mass is 10.1. The minimum absolute atomic E-state index is 0.0221. The molecule has 1 aromatic heterocycles. The molecule has 0 fully saturated rings. The van der Waals surface area contributed by atoms with Gasteiger partial charge >= 0.3 is 12.4 Å². The molecule has 13 heteroatoms. The lowest BCUT2D eigenvalue weighted by Gasteiger charge is -2.16. The first-order chi connectivity index (χ1) is 16.0. The van der Waals surface area contributed by atoms with E-state index < -0.39 is 25.4 Å². The third-order valence-corrected chi connectivity index (χ3v) is 4.82. The highest BCUT2D eigenvalue weighted by atomic mass is 32.2.